The molecule has 0 radical (unpaired) electrons. The molecule has 1 aliphatic heterocycles. The summed E-state index contributed by atoms with van der Waals surface area (Å²) in [5.41, 5.74) is 2.14. The number of fused-ring (bicyclic) bond motifs is 1. The molecule has 1 saturated heterocycles. The van der Waals surface area contributed by atoms with E-state index in [0.29, 0.717) is 31.1 Å². The number of ether oxygens (including phenoxy) is 1. The second-order valence-electron chi connectivity index (χ2n) is 5.38. The maximum Gasteiger partial charge on any atom is 0.274 e. The number of benzene rings is 1. The Hall–Kier alpha value is -1.18. The van der Waals surface area contributed by atoms with Gasteiger partial charge in [-0.25, -0.2) is 17.7 Å². The lowest BCUT2D eigenvalue weighted by molar-refractivity contribution is 0.135. The Morgan fingerprint density at radius 3 is 2.67 bits per heavy atom. The number of nitrogens with zero attached hydrogens (tertiary/aromatic N) is 2. The van der Waals surface area contributed by atoms with Gasteiger partial charge in [0.15, 0.2) is 0 Å². The van der Waals surface area contributed by atoms with Gasteiger partial charge in [-0.1, -0.05) is 23.5 Å². The fraction of sp³-hybridized carbons (Fsp3) is 0.500. The van der Waals surface area contributed by atoms with Crippen LogP contribution >= 0.6 is 11.3 Å². The summed E-state index contributed by atoms with van der Waals surface area (Å²) in [7, 11) is -3.08. The maximum absolute atomic E-state index is 11.5. The fourth-order valence-corrected chi connectivity index (χ4v) is 4.37. The molecule has 21 heavy (non-hydrogen) atoms. The Morgan fingerprint density at radius 2 is 2.05 bits per heavy atom. The lowest BCUT2D eigenvalue weighted by Gasteiger charge is -2.29. The summed E-state index contributed by atoms with van der Waals surface area (Å²) in [5.74, 6) is 0. The van der Waals surface area contributed by atoms with Crippen molar-refractivity contribution in [1.82, 2.24) is 9.29 Å². The van der Waals surface area contributed by atoms with Gasteiger partial charge in [-0.15, -0.1) is 0 Å². The molecule has 0 amide bonds. The number of rotatable bonds is 3. The van der Waals surface area contributed by atoms with Crippen LogP contribution in [0.15, 0.2) is 18.2 Å². The zero-order valence-electron chi connectivity index (χ0n) is 12.1. The molecule has 3 rings (SSSR count). The minimum atomic E-state index is -3.08. The van der Waals surface area contributed by atoms with Crippen LogP contribution in [-0.4, -0.2) is 43.2 Å². The summed E-state index contributed by atoms with van der Waals surface area (Å²) in [4.78, 5) is 4.54. The van der Waals surface area contributed by atoms with E-state index >= 15 is 0 Å². The van der Waals surface area contributed by atoms with Crippen LogP contribution in [0.25, 0.3) is 10.2 Å². The van der Waals surface area contributed by atoms with Crippen molar-refractivity contribution >= 4 is 31.6 Å². The van der Waals surface area contributed by atoms with Gasteiger partial charge in [0.1, 0.15) is 6.10 Å². The first kappa shape index (κ1) is 14.7. The fourth-order valence-electron chi connectivity index (χ4n) is 2.54. The van der Waals surface area contributed by atoms with Gasteiger partial charge >= 0.3 is 0 Å². The number of aromatic nitrogens is 1. The van der Waals surface area contributed by atoms with Crippen molar-refractivity contribution in [3.05, 3.63) is 23.8 Å². The maximum atomic E-state index is 11.5. The highest BCUT2D eigenvalue weighted by Gasteiger charge is 2.26. The normalized spacial score (nSPS) is 18.2. The molecule has 0 bridgehead atoms. The zero-order valence-corrected chi connectivity index (χ0v) is 13.7. The van der Waals surface area contributed by atoms with Crippen molar-refractivity contribution in [2.75, 3.05) is 19.3 Å². The van der Waals surface area contributed by atoms with Gasteiger partial charge in [-0.3, -0.25) is 0 Å². The minimum Gasteiger partial charge on any atom is -0.467 e. The molecule has 1 fully saturated rings. The standard InChI is InChI=1S/C14H18N2O3S2/c1-10-4-3-5-12-13(10)15-14(20-12)19-11-6-8-16(9-7-11)21(2,17)18/h3-5,11H,6-9H2,1-2H3. The van der Waals surface area contributed by atoms with Gasteiger partial charge < -0.3 is 4.74 Å². The highest BCUT2D eigenvalue weighted by molar-refractivity contribution is 7.88. The van der Waals surface area contributed by atoms with Gasteiger partial charge in [0.25, 0.3) is 5.19 Å². The Bertz CT molecular complexity index is 747. The summed E-state index contributed by atoms with van der Waals surface area (Å²) in [5, 5.41) is 0.678. The van der Waals surface area contributed by atoms with Gasteiger partial charge in [0.2, 0.25) is 10.0 Å². The summed E-state index contributed by atoms with van der Waals surface area (Å²) in [6, 6.07) is 6.10. The van der Waals surface area contributed by atoms with Crippen molar-refractivity contribution in [3.8, 4) is 5.19 Å². The van der Waals surface area contributed by atoms with E-state index < -0.39 is 10.0 Å². The molecule has 0 N–H and O–H groups in total. The molecule has 1 aromatic heterocycles. The van der Waals surface area contributed by atoms with Crippen molar-refractivity contribution in [2.45, 2.75) is 25.9 Å². The predicted molar refractivity (Wildman–Crippen MR) is 84.4 cm³/mol. The number of sulfonamides is 1. The van der Waals surface area contributed by atoms with E-state index in [1.165, 1.54) is 10.6 Å². The molecule has 2 aromatic rings. The molecule has 5 nitrogen and oxygen atoms in total. The molecular formula is C14H18N2O3S2. The first-order valence-corrected chi connectivity index (χ1v) is 9.58. The van der Waals surface area contributed by atoms with Crippen LogP contribution in [0.3, 0.4) is 0 Å². The SMILES string of the molecule is Cc1cccc2sc(OC3CCN(S(C)(=O)=O)CC3)nc12. The van der Waals surface area contributed by atoms with Gasteiger partial charge in [0, 0.05) is 13.1 Å². The molecule has 0 aliphatic carbocycles. The summed E-state index contributed by atoms with van der Waals surface area (Å²) < 4.78 is 31.5. The van der Waals surface area contributed by atoms with E-state index in [1.54, 1.807) is 11.3 Å². The Kier molecular flexibility index (Phi) is 3.90. The van der Waals surface area contributed by atoms with Gasteiger partial charge in [0.05, 0.1) is 16.5 Å². The molecule has 7 heteroatoms. The number of aryl methyl sites for hydroxylation is 1. The van der Waals surface area contributed by atoms with Gasteiger partial charge in [-0.2, -0.15) is 0 Å². The highest BCUT2D eigenvalue weighted by atomic mass is 32.2. The van der Waals surface area contributed by atoms with Crippen molar-refractivity contribution < 1.29 is 13.2 Å². The number of thiazole rings is 1. The predicted octanol–water partition coefficient (Wildman–Crippen LogP) is 2.41. The first-order valence-electron chi connectivity index (χ1n) is 6.91. The van der Waals surface area contributed by atoms with Crippen LogP contribution in [0, 0.1) is 6.92 Å². The summed E-state index contributed by atoms with van der Waals surface area (Å²) >= 11 is 1.55. The molecule has 114 valence electrons. The molecule has 0 spiro atoms. The van der Waals surface area contributed by atoms with Crippen LogP contribution in [0.4, 0.5) is 0 Å². The number of para-hydroxylation sites is 1. The molecule has 2 heterocycles. The molecule has 0 unspecified atom stereocenters. The van der Waals surface area contributed by atoms with Crippen LogP contribution in [0.2, 0.25) is 0 Å². The van der Waals surface area contributed by atoms with E-state index in [-0.39, 0.29) is 6.10 Å². The third kappa shape index (κ3) is 3.20. The smallest absolute Gasteiger partial charge is 0.274 e. The monoisotopic (exact) mass is 326 g/mol. The van der Waals surface area contributed by atoms with Crippen LogP contribution in [0.1, 0.15) is 18.4 Å². The number of piperidine rings is 1. The number of hydrogen-bond acceptors (Lipinski definition) is 5. The third-order valence-electron chi connectivity index (χ3n) is 3.74. The highest BCUT2D eigenvalue weighted by Crippen LogP contribution is 2.31. The lowest BCUT2D eigenvalue weighted by Crippen LogP contribution is -2.41. The molecule has 1 aliphatic rings. The minimum absolute atomic E-state index is 0.0452. The Balaban J connectivity index is 1.68. The van der Waals surface area contributed by atoms with E-state index in [4.69, 9.17) is 4.74 Å². The van der Waals surface area contributed by atoms with E-state index in [9.17, 15) is 8.42 Å². The van der Waals surface area contributed by atoms with Gasteiger partial charge in [-0.05, 0) is 31.4 Å². The van der Waals surface area contributed by atoms with Crippen LogP contribution < -0.4 is 4.74 Å². The average Bonchev–Trinajstić information content (AvgIpc) is 2.82. The Morgan fingerprint density at radius 1 is 1.33 bits per heavy atom. The van der Waals surface area contributed by atoms with Crippen molar-refractivity contribution in [2.24, 2.45) is 0 Å². The lowest BCUT2D eigenvalue weighted by atomic mass is 10.1. The van der Waals surface area contributed by atoms with E-state index in [0.717, 1.165) is 15.8 Å². The second-order valence-corrected chi connectivity index (χ2v) is 8.36. The van der Waals surface area contributed by atoms with E-state index in [1.807, 2.05) is 25.1 Å². The summed E-state index contributed by atoms with van der Waals surface area (Å²) in [6.07, 6.45) is 2.72. The zero-order chi connectivity index (χ0) is 15.0. The molecule has 0 atom stereocenters. The largest absolute Gasteiger partial charge is 0.467 e. The van der Waals surface area contributed by atoms with Crippen LogP contribution in [0.5, 0.6) is 5.19 Å². The summed E-state index contributed by atoms with van der Waals surface area (Å²) in [6.45, 7) is 3.08. The average molecular weight is 326 g/mol. The molecular weight excluding hydrogens is 308 g/mol. The number of hydrogen-bond donors (Lipinski definition) is 0. The quantitative estimate of drug-likeness (QED) is 0.869. The van der Waals surface area contributed by atoms with Crippen LogP contribution in [-0.2, 0) is 10.0 Å². The molecule has 1 aromatic carbocycles. The Labute approximate surface area is 128 Å². The van der Waals surface area contributed by atoms with E-state index in [2.05, 4.69) is 4.98 Å². The second kappa shape index (κ2) is 5.55. The van der Waals surface area contributed by atoms with Crippen molar-refractivity contribution in [1.29, 1.82) is 0 Å². The third-order valence-corrected chi connectivity index (χ3v) is 5.95. The molecule has 0 saturated carbocycles. The topological polar surface area (TPSA) is 59.5 Å². The van der Waals surface area contributed by atoms with Crippen molar-refractivity contribution in [3.63, 3.8) is 0 Å². The first-order chi connectivity index (χ1) is 9.93.